The van der Waals surface area contributed by atoms with Crippen molar-refractivity contribution in [3.63, 3.8) is 0 Å². The van der Waals surface area contributed by atoms with E-state index in [9.17, 15) is 16.8 Å². The number of anilines is 2. The highest BCUT2D eigenvalue weighted by Crippen LogP contribution is 2.37. The Bertz CT molecular complexity index is 2720. The first-order valence-corrected chi connectivity index (χ1v) is 23.4. The number of rotatable bonds is 11. The number of nitrogens with zero attached hydrogens (tertiary/aromatic N) is 5. The zero-order chi connectivity index (χ0) is 41.3. The van der Waals surface area contributed by atoms with Gasteiger partial charge in [0.15, 0.2) is 0 Å². The van der Waals surface area contributed by atoms with E-state index in [0.29, 0.717) is 27.2 Å². The molecule has 9 rings (SSSR count). The second-order valence-electron chi connectivity index (χ2n) is 15.7. The Morgan fingerprint density at radius 3 is 1.68 bits per heavy atom. The molecule has 3 aliphatic rings. The van der Waals surface area contributed by atoms with Gasteiger partial charge in [0.05, 0.1) is 21.2 Å². The molecule has 4 aromatic carbocycles. The molecule has 4 heterocycles. The lowest BCUT2D eigenvalue weighted by Crippen LogP contribution is -2.38. The van der Waals surface area contributed by atoms with Crippen LogP contribution in [0.4, 0.5) is 11.4 Å². The molecule has 0 spiro atoms. The molecule has 0 atom stereocenters. The Morgan fingerprint density at radius 2 is 1.17 bits per heavy atom. The molecular weight excluding hydrogens is 777 g/mol. The lowest BCUT2D eigenvalue weighted by molar-refractivity contribution is 0.180. The van der Waals surface area contributed by atoms with Crippen molar-refractivity contribution in [3.05, 3.63) is 145 Å². The van der Waals surface area contributed by atoms with E-state index < -0.39 is 20.0 Å². The SMILES string of the molecule is C=CCn1c2c(c3cc(N(C)S(=O)(=O)c4ccccc4)ccc31)CN(C1CCCC1)CC2.C=CCn1c2c(c3cc(N(C)S(=O)(=O)c4ccccc4)ccc31)CNCC2. The lowest BCUT2D eigenvalue weighted by atomic mass is 10.0. The minimum Gasteiger partial charge on any atom is -0.340 e. The Labute approximate surface area is 349 Å². The summed E-state index contributed by atoms with van der Waals surface area (Å²) in [5.74, 6) is 0. The van der Waals surface area contributed by atoms with Gasteiger partial charge in [-0.05, 0) is 84.6 Å². The molecule has 12 heteroatoms. The van der Waals surface area contributed by atoms with Crippen molar-refractivity contribution in [1.82, 2.24) is 19.4 Å². The van der Waals surface area contributed by atoms with Crippen LogP contribution < -0.4 is 13.9 Å². The first kappa shape index (κ1) is 40.6. The van der Waals surface area contributed by atoms with Crippen molar-refractivity contribution >= 4 is 53.2 Å². The molecular formula is C47H54N6O4S2. The number of sulfonamides is 2. The molecule has 1 N–H and O–H groups in total. The molecule has 59 heavy (non-hydrogen) atoms. The fourth-order valence-corrected chi connectivity index (χ4v) is 11.7. The van der Waals surface area contributed by atoms with Crippen LogP contribution in [0.25, 0.3) is 21.8 Å². The minimum absolute atomic E-state index is 0.292. The van der Waals surface area contributed by atoms with Crippen molar-refractivity contribution in [2.45, 2.75) is 80.5 Å². The van der Waals surface area contributed by atoms with Crippen LogP contribution in [0, 0.1) is 0 Å². The van der Waals surface area contributed by atoms with E-state index in [1.54, 1.807) is 62.6 Å². The summed E-state index contributed by atoms with van der Waals surface area (Å²) in [6.07, 6.45) is 11.1. The van der Waals surface area contributed by atoms with Crippen LogP contribution in [0.3, 0.4) is 0 Å². The van der Waals surface area contributed by atoms with Gasteiger partial charge in [-0.15, -0.1) is 13.2 Å². The second-order valence-corrected chi connectivity index (χ2v) is 19.6. The summed E-state index contributed by atoms with van der Waals surface area (Å²) >= 11 is 0. The molecule has 0 unspecified atom stereocenters. The van der Waals surface area contributed by atoms with Gasteiger partial charge in [0, 0.05) is 105 Å². The maximum atomic E-state index is 13.2. The molecule has 2 aliphatic heterocycles. The third-order valence-corrected chi connectivity index (χ3v) is 16.0. The predicted molar refractivity (Wildman–Crippen MR) is 240 cm³/mol. The van der Waals surface area contributed by atoms with Gasteiger partial charge in [-0.1, -0.05) is 61.4 Å². The minimum atomic E-state index is -3.61. The third-order valence-electron chi connectivity index (χ3n) is 12.4. The highest BCUT2D eigenvalue weighted by Gasteiger charge is 2.31. The summed E-state index contributed by atoms with van der Waals surface area (Å²) in [7, 11) is -3.95. The van der Waals surface area contributed by atoms with Gasteiger partial charge in [-0.25, -0.2) is 16.8 Å². The fourth-order valence-electron chi connectivity index (χ4n) is 9.25. The fraction of sp³-hybridized carbons (Fsp3) is 0.319. The van der Waals surface area contributed by atoms with E-state index in [-0.39, 0.29) is 0 Å². The number of nitrogens with one attached hydrogen (secondary N) is 1. The normalized spacial score (nSPS) is 16.0. The topological polar surface area (TPSA) is 99.9 Å². The molecule has 0 bridgehead atoms. The molecule has 1 saturated carbocycles. The zero-order valence-electron chi connectivity index (χ0n) is 34.1. The summed E-state index contributed by atoms with van der Waals surface area (Å²) in [6, 6.07) is 29.8. The van der Waals surface area contributed by atoms with Gasteiger partial charge in [-0.3, -0.25) is 13.5 Å². The first-order valence-electron chi connectivity index (χ1n) is 20.6. The lowest BCUT2D eigenvalue weighted by Gasteiger charge is -2.33. The number of benzene rings is 4. The van der Waals surface area contributed by atoms with Gasteiger partial charge in [0.2, 0.25) is 0 Å². The molecule has 0 amide bonds. The molecule has 1 aliphatic carbocycles. The Balaban J connectivity index is 0.000000167. The summed E-state index contributed by atoms with van der Waals surface area (Å²) < 4.78 is 59.7. The van der Waals surface area contributed by atoms with E-state index in [2.05, 4.69) is 44.6 Å². The van der Waals surface area contributed by atoms with Crippen LogP contribution in [-0.4, -0.2) is 64.1 Å². The van der Waals surface area contributed by atoms with Crippen molar-refractivity contribution in [1.29, 1.82) is 0 Å². The van der Waals surface area contributed by atoms with Gasteiger partial charge >= 0.3 is 0 Å². The van der Waals surface area contributed by atoms with Crippen LogP contribution in [0.15, 0.2) is 132 Å². The third kappa shape index (κ3) is 7.63. The Morgan fingerprint density at radius 1 is 0.678 bits per heavy atom. The van der Waals surface area contributed by atoms with Crippen LogP contribution >= 0.6 is 0 Å². The summed E-state index contributed by atoms with van der Waals surface area (Å²) in [4.78, 5) is 3.24. The molecule has 2 aromatic heterocycles. The smallest absolute Gasteiger partial charge is 0.264 e. The summed E-state index contributed by atoms with van der Waals surface area (Å²) in [5.41, 5.74) is 8.94. The van der Waals surface area contributed by atoms with E-state index in [1.807, 2.05) is 48.6 Å². The van der Waals surface area contributed by atoms with E-state index in [0.717, 1.165) is 73.9 Å². The molecule has 10 nitrogen and oxygen atoms in total. The van der Waals surface area contributed by atoms with Gasteiger partial charge in [0.1, 0.15) is 0 Å². The van der Waals surface area contributed by atoms with Crippen LogP contribution in [-0.2, 0) is 59.1 Å². The quantitative estimate of drug-likeness (QED) is 0.132. The highest BCUT2D eigenvalue weighted by molar-refractivity contribution is 7.93. The monoisotopic (exact) mass is 830 g/mol. The molecule has 1 fully saturated rings. The van der Waals surface area contributed by atoms with Crippen molar-refractivity contribution in [3.8, 4) is 0 Å². The standard InChI is InChI=1S/C26H31N3O2S.C21H23N3O2S/c1-3-16-29-25-14-13-21(27(2)32(30,31)22-11-5-4-6-12-22)18-23(25)24-19-28(17-15-26(24)29)20-9-7-8-10-20;1-3-13-24-20-10-9-16(14-18(20)19-15-22-12-11-21(19)24)23(2)27(25,26)17-7-5-4-6-8-17/h3-6,11-14,18,20H,1,7-10,15-17,19H2,2H3;3-10,14,22H,1,11-13,15H2,2H3. The van der Waals surface area contributed by atoms with E-state index in [4.69, 9.17) is 0 Å². The van der Waals surface area contributed by atoms with Gasteiger partial charge in [-0.2, -0.15) is 0 Å². The molecule has 308 valence electrons. The van der Waals surface area contributed by atoms with E-state index >= 15 is 0 Å². The maximum Gasteiger partial charge on any atom is 0.264 e. The molecule has 6 aromatic rings. The largest absolute Gasteiger partial charge is 0.340 e. The maximum absolute atomic E-state index is 13.2. The highest BCUT2D eigenvalue weighted by atomic mass is 32.2. The number of allylic oxidation sites excluding steroid dienone is 2. The Kier molecular flexibility index (Phi) is 11.6. The van der Waals surface area contributed by atoms with Gasteiger partial charge in [0.25, 0.3) is 20.0 Å². The molecule has 0 saturated heterocycles. The van der Waals surface area contributed by atoms with Crippen LogP contribution in [0.2, 0.25) is 0 Å². The van der Waals surface area contributed by atoms with Crippen molar-refractivity contribution in [2.24, 2.45) is 0 Å². The zero-order valence-corrected chi connectivity index (χ0v) is 35.7. The van der Waals surface area contributed by atoms with Crippen molar-refractivity contribution in [2.75, 3.05) is 35.8 Å². The number of fused-ring (bicyclic) bond motifs is 6. The first-order chi connectivity index (χ1) is 28.5. The van der Waals surface area contributed by atoms with Gasteiger partial charge < -0.3 is 14.5 Å². The average Bonchev–Trinajstić information content (AvgIpc) is 4.00. The summed E-state index contributed by atoms with van der Waals surface area (Å²) in [6.45, 7) is 13.2. The number of hydrogen-bond donors (Lipinski definition) is 1. The van der Waals surface area contributed by atoms with Crippen LogP contribution in [0.1, 0.15) is 48.2 Å². The predicted octanol–water partition coefficient (Wildman–Crippen LogP) is 8.25. The van der Waals surface area contributed by atoms with Crippen LogP contribution in [0.5, 0.6) is 0 Å². The Hall–Kier alpha value is -5.14. The summed E-state index contributed by atoms with van der Waals surface area (Å²) in [5, 5.41) is 5.69. The number of aromatic nitrogens is 2. The van der Waals surface area contributed by atoms with E-state index in [1.165, 1.54) is 56.8 Å². The number of hydrogen-bond acceptors (Lipinski definition) is 6. The van der Waals surface area contributed by atoms with Crippen molar-refractivity contribution < 1.29 is 16.8 Å². The second kappa shape index (κ2) is 16.8. The molecule has 0 radical (unpaired) electrons. The average molecular weight is 831 g/mol.